The van der Waals surface area contributed by atoms with Gasteiger partial charge in [-0.05, 0) is 36.8 Å². The van der Waals surface area contributed by atoms with Gasteiger partial charge in [-0.1, -0.05) is 17.7 Å². The molecule has 2 aromatic rings. The second kappa shape index (κ2) is 5.83. The average molecular weight is 326 g/mol. The van der Waals surface area contributed by atoms with Crippen LogP contribution in [0.15, 0.2) is 41.4 Å². The zero-order valence-corrected chi connectivity index (χ0v) is 12.6. The summed E-state index contributed by atoms with van der Waals surface area (Å²) in [7, 11) is -3.78. The lowest BCUT2D eigenvalue weighted by atomic mass is 10.2. The fourth-order valence-electron chi connectivity index (χ4n) is 1.80. The predicted molar refractivity (Wildman–Crippen MR) is 78.3 cm³/mol. The topological polar surface area (TPSA) is 84.3 Å². The standard InChI is InChI=1S/C14H12ClNO4S/c1-9-3-2-6-16-12(9)8-21(19,20)13-7-10(14(17)18)4-5-11(13)15/h2-7H,8H2,1H3,(H,17,18). The lowest BCUT2D eigenvalue weighted by molar-refractivity contribution is 0.0696. The Balaban J connectivity index is 2.47. The van der Waals surface area contributed by atoms with E-state index in [1.54, 1.807) is 19.1 Å². The highest BCUT2D eigenvalue weighted by Gasteiger charge is 2.22. The number of sulfone groups is 1. The number of aryl methyl sites for hydroxylation is 1. The Hall–Kier alpha value is -1.92. The molecule has 0 radical (unpaired) electrons. The smallest absolute Gasteiger partial charge is 0.335 e. The van der Waals surface area contributed by atoms with E-state index in [0.29, 0.717) is 5.69 Å². The molecule has 0 saturated carbocycles. The van der Waals surface area contributed by atoms with E-state index in [0.717, 1.165) is 11.6 Å². The lowest BCUT2D eigenvalue weighted by Gasteiger charge is -2.09. The number of nitrogens with zero attached hydrogens (tertiary/aromatic N) is 1. The van der Waals surface area contributed by atoms with Crippen molar-refractivity contribution in [1.82, 2.24) is 4.98 Å². The molecule has 1 heterocycles. The third kappa shape index (κ3) is 3.40. The summed E-state index contributed by atoms with van der Waals surface area (Å²) in [5.74, 6) is -1.54. The molecule has 2 rings (SSSR count). The minimum atomic E-state index is -3.78. The van der Waals surface area contributed by atoms with Gasteiger partial charge in [-0.3, -0.25) is 4.98 Å². The minimum absolute atomic E-state index is 0.00594. The molecule has 0 amide bonds. The van der Waals surface area contributed by atoms with Crippen molar-refractivity contribution in [2.45, 2.75) is 17.6 Å². The van der Waals surface area contributed by atoms with Gasteiger partial charge in [0.15, 0.2) is 9.84 Å². The van der Waals surface area contributed by atoms with Crippen molar-refractivity contribution in [3.05, 3.63) is 58.4 Å². The van der Waals surface area contributed by atoms with E-state index < -0.39 is 15.8 Å². The first-order valence-electron chi connectivity index (χ1n) is 5.97. The summed E-state index contributed by atoms with van der Waals surface area (Å²) in [6.45, 7) is 1.76. The number of hydrogen-bond acceptors (Lipinski definition) is 4. The molecule has 0 atom stereocenters. The molecule has 0 saturated heterocycles. The Morgan fingerprint density at radius 3 is 2.67 bits per heavy atom. The van der Waals surface area contributed by atoms with Gasteiger partial charge < -0.3 is 5.11 Å². The maximum absolute atomic E-state index is 12.4. The molecule has 1 N–H and O–H groups in total. The van der Waals surface area contributed by atoms with Gasteiger partial charge in [-0.2, -0.15) is 0 Å². The van der Waals surface area contributed by atoms with Crippen LogP contribution in [0.25, 0.3) is 0 Å². The zero-order valence-electron chi connectivity index (χ0n) is 11.1. The highest BCUT2D eigenvalue weighted by atomic mass is 35.5. The van der Waals surface area contributed by atoms with Crippen LogP contribution in [0.5, 0.6) is 0 Å². The number of halogens is 1. The Bertz CT molecular complexity index is 802. The molecule has 0 aliphatic carbocycles. The van der Waals surface area contributed by atoms with Gasteiger partial charge in [-0.25, -0.2) is 13.2 Å². The normalized spacial score (nSPS) is 11.3. The first kappa shape index (κ1) is 15.5. The number of aromatic carboxylic acids is 1. The molecule has 0 spiro atoms. The van der Waals surface area contributed by atoms with E-state index in [1.165, 1.54) is 18.3 Å². The second-order valence-corrected chi connectivity index (χ2v) is 6.84. The van der Waals surface area contributed by atoms with Crippen LogP contribution in [0, 0.1) is 6.92 Å². The van der Waals surface area contributed by atoms with Gasteiger partial charge in [0.25, 0.3) is 0 Å². The first-order chi connectivity index (χ1) is 9.81. The number of hydrogen-bond donors (Lipinski definition) is 1. The fourth-order valence-corrected chi connectivity index (χ4v) is 3.76. The van der Waals surface area contributed by atoms with Crippen LogP contribution in [-0.2, 0) is 15.6 Å². The van der Waals surface area contributed by atoms with E-state index in [2.05, 4.69) is 4.98 Å². The summed E-state index contributed by atoms with van der Waals surface area (Å²) in [6.07, 6.45) is 1.51. The van der Waals surface area contributed by atoms with E-state index in [-0.39, 0.29) is 21.2 Å². The van der Waals surface area contributed by atoms with Crippen molar-refractivity contribution >= 4 is 27.4 Å². The molecule has 21 heavy (non-hydrogen) atoms. The van der Waals surface area contributed by atoms with Crippen molar-refractivity contribution in [2.75, 3.05) is 0 Å². The Morgan fingerprint density at radius 2 is 2.05 bits per heavy atom. The highest BCUT2D eigenvalue weighted by molar-refractivity contribution is 7.90. The number of pyridine rings is 1. The van der Waals surface area contributed by atoms with Crippen LogP contribution < -0.4 is 0 Å². The maximum Gasteiger partial charge on any atom is 0.335 e. The summed E-state index contributed by atoms with van der Waals surface area (Å²) in [4.78, 5) is 14.8. The van der Waals surface area contributed by atoms with Crippen molar-refractivity contribution in [3.63, 3.8) is 0 Å². The quantitative estimate of drug-likeness (QED) is 0.934. The maximum atomic E-state index is 12.4. The molecular weight excluding hydrogens is 314 g/mol. The van der Waals surface area contributed by atoms with Crippen LogP contribution in [0.1, 0.15) is 21.6 Å². The summed E-state index contributed by atoms with van der Waals surface area (Å²) in [5, 5.41) is 8.94. The van der Waals surface area contributed by atoms with E-state index in [4.69, 9.17) is 16.7 Å². The van der Waals surface area contributed by atoms with Gasteiger partial charge in [-0.15, -0.1) is 0 Å². The zero-order chi connectivity index (χ0) is 15.6. The lowest BCUT2D eigenvalue weighted by Crippen LogP contribution is -2.09. The number of carbonyl (C=O) groups is 1. The number of carboxylic acids is 1. The van der Waals surface area contributed by atoms with Crippen LogP contribution in [0.4, 0.5) is 0 Å². The van der Waals surface area contributed by atoms with Crippen molar-refractivity contribution < 1.29 is 18.3 Å². The number of carboxylic acid groups (broad SMARTS) is 1. The summed E-state index contributed by atoms with van der Waals surface area (Å²) >= 11 is 5.90. The number of aromatic nitrogens is 1. The highest BCUT2D eigenvalue weighted by Crippen LogP contribution is 2.26. The van der Waals surface area contributed by atoms with Crippen LogP contribution >= 0.6 is 11.6 Å². The predicted octanol–water partition coefficient (Wildman–Crippen LogP) is 2.72. The Morgan fingerprint density at radius 1 is 1.33 bits per heavy atom. The summed E-state index contributed by atoms with van der Waals surface area (Å²) in [5.41, 5.74) is 1.02. The van der Waals surface area contributed by atoms with Crippen molar-refractivity contribution in [3.8, 4) is 0 Å². The van der Waals surface area contributed by atoms with Gasteiger partial charge in [0.1, 0.15) is 0 Å². The number of benzene rings is 1. The van der Waals surface area contributed by atoms with Gasteiger partial charge in [0, 0.05) is 6.20 Å². The molecule has 1 aromatic heterocycles. The number of rotatable bonds is 4. The van der Waals surface area contributed by atoms with Crippen molar-refractivity contribution in [2.24, 2.45) is 0 Å². The van der Waals surface area contributed by atoms with Gasteiger partial charge in [0.05, 0.1) is 26.9 Å². The molecule has 0 aliphatic heterocycles. The molecule has 0 fully saturated rings. The minimum Gasteiger partial charge on any atom is -0.478 e. The fraction of sp³-hybridized carbons (Fsp3) is 0.143. The average Bonchev–Trinajstić information content (AvgIpc) is 2.41. The summed E-state index contributed by atoms with van der Waals surface area (Å²) in [6, 6.07) is 7.06. The van der Waals surface area contributed by atoms with Gasteiger partial charge in [0.2, 0.25) is 0 Å². The second-order valence-electron chi connectivity index (χ2n) is 4.48. The largest absolute Gasteiger partial charge is 0.478 e. The van der Waals surface area contributed by atoms with Crippen molar-refractivity contribution in [1.29, 1.82) is 0 Å². The molecular formula is C14H12ClNO4S. The van der Waals surface area contributed by atoms with Crippen LogP contribution in [0.2, 0.25) is 5.02 Å². The molecule has 110 valence electrons. The Kier molecular flexibility index (Phi) is 4.29. The SMILES string of the molecule is Cc1cccnc1CS(=O)(=O)c1cc(C(=O)O)ccc1Cl. The molecule has 0 aliphatic rings. The molecule has 0 bridgehead atoms. The molecule has 1 aromatic carbocycles. The van der Waals surface area contributed by atoms with E-state index in [1.807, 2.05) is 0 Å². The van der Waals surface area contributed by atoms with E-state index in [9.17, 15) is 13.2 Å². The van der Waals surface area contributed by atoms with Crippen LogP contribution in [0.3, 0.4) is 0 Å². The Labute approximate surface area is 127 Å². The monoisotopic (exact) mass is 325 g/mol. The third-order valence-electron chi connectivity index (χ3n) is 2.96. The molecule has 7 heteroatoms. The van der Waals surface area contributed by atoms with Gasteiger partial charge >= 0.3 is 5.97 Å². The summed E-state index contributed by atoms with van der Waals surface area (Å²) < 4.78 is 24.9. The molecule has 5 nitrogen and oxygen atoms in total. The molecule has 0 unspecified atom stereocenters. The third-order valence-corrected chi connectivity index (χ3v) is 5.06. The first-order valence-corrected chi connectivity index (χ1v) is 8.00. The van der Waals surface area contributed by atoms with Crippen LogP contribution in [-0.4, -0.2) is 24.5 Å². The van der Waals surface area contributed by atoms with E-state index >= 15 is 0 Å².